The fourth-order valence-electron chi connectivity index (χ4n) is 3.25. The minimum absolute atomic E-state index is 0.250. The quantitative estimate of drug-likeness (QED) is 0.399. The molecule has 0 aliphatic carbocycles. The van der Waals surface area contributed by atoms with Crippen LogP contribution in [-0.2, 0) is 0 Å². The molecule has 25 heavy (non-hydrogen) atoms. The van der Waals surface area contributed by atoms with Crippen molar-refractivity contribution in [3.63, 3.8) is 0 Å². The van der Waals surface area contributed by atoms with Gasteiger partial charge in [0.15, 0.2) is 0 Å². The number of carboxylic acids is 1. The molecule has 0 bridgehead atoms. The first-order valence-corrected chi connectivity index (χ1v) is 7.93. The minimum Gasteiger partial charge on any atom is -0.478 e. The zero-order valence-corrected chi connectivity index (χ0v) is 13.4. The van der Waals surface area contributed by atoms with Crippen LogP contribution in [0.1, 0.15) is 15.9 Å². The van der Waals surface area contributed by atoms with Gasteiger partial charge in [-0.2, -0.15) is 0 Å². The Morgan fingerprint density at radius 3 is 2.24 bits per heavy atom. The average molecular weight is 322 g/mol. The van der Waals surface area contributed by atoms with Crippen molar-refractivity contribution in [1.29, 1.82) is 0 Å². The molecule has 0 aliphatic heterocycles. The smallest absolute Gasteiger partial charge is 0.336 e. The summed E-state index contributed by atoms with van der Waals surface area (Å²) in [5, 5.41) is 13.9. The van der Waals surface area contributed by atoms with Crippen LogP contribution >= 0.6 is 0 Å². The van der Waals surface area contributed by atoms with Crippen molar-refractivity contribution in [2.24, 2.45) is 0 Å². The highest BCUT2D eigenvalue weighted by Crippen LogP contribution is 2.34. The van der Waals surface area contributed by atoms with Gasteiger partial charge in [-0.3, -0.25) is 0 Å². The van der Waals surface area contributed by atoms with Gasteiger partial charge in [0, 0.05) is 5.56 Å². The number of fused-ring (bicyclic) bond motifs is 2. The summed E-state index contributed by atoms with van der Waals surface area (Å²) >= 11 is 0. The lowest BCUT2D eigenvalue weighted by Gasteiger charge is -2.12. The number of hydrogen-bond donors (Lipinski definition) is 1. The van der Waals surface area contributed by atoms with E-state index in [9.17, 15) is 9.90 Å². The molecule has 2 heteroatoms. The van der Waals surface area contributed by atoms with E-state index >= 15 is 0 Å². The normalized spacial score (nSPS) is 10.7. The van der Waals surface area contributed by atoms with E-state index in [2.05, 4.69) is 30.2 Å². The van der Waals surface area contributed by atoms with Gasteiger partial charge in [0.1, 0.15) is 0 Å². The average Bonchev–Trinajstić information content (AvgIpc) is 2.65. The number of benzene rings is 4. The molecule has 118 valence electrons. The van der Waals surface area contributed by atoms with Crippen LogP contribution in [0, 0.1) is 12.3 Å². The standard InChI is InChI=1S/C23H14O2/c1-2-15-10-11-20(23(24)25)22(12-15)19-9-5-8-18-13-16-6-3-4-7-17(16)14-21(18)19/h1,3-14H,(H,24,25). The van der Waals surface area contributed by atoms with Crippen LogP contribution in [0.4, 0.5) is 0 Å². The van der Waals surface area contributed by atoms with E-state index in [1.54, 1.807) is 18.2 Å². The number of hydrogen-bond acceptors (Lipinski definition) is 1. The summed E-state index contributed by atoms with van der Waals surface area (Å²) in [6, 6.07) is 23.3. The number of carbonyl (C=O) groups is 1. The summed E-state index contributed by atoms with van der Waals surface area (Å²) in [6.07, 6.45) is 5.51. The number of aromatic carboxylic acids is 1. The number of carboxylic acid groups (broad SMARTS) is 1. The molecule has 0 aromatic heterocycles. The first-order chi connectivity index (χ1) is 12.2. The Morgan fingerprint density at radius 1 is 0.800 bits per heavy atom. The van der Waals surface area contributed by atoms with Gasteiger partial charge in [0.2, 0.25) is 0 Å². The summed E-state index contributed by atoms with van der Waals surface area (Å²) in [5.41, 5.74) is 2.43. The van der Waals surface area contributed by atoms with Gasteiger partial charge < -0.3 is 5.11 Å². The Kier molecular flexibility index (Phi) is 3.48. The first-order valence-electron chi connectivity index (χ1n) is 7.93. The molecule has 0 spiro atoms. The molecule has 4 aromatic rings. The third-order valence-electron chi connectivity index (χ3n) is 4.45. The predicted molar refractivity (Wildman–Crippen MR) is 102 cm³/mol. The molecule has 0 atom stereocenters. The van der Waals surface area contributed by atoms with Gasteiger partial charge in [-0.25, -0.2) is 4.79 Å². The van der Waals surface area contributed by atoms with E-state index in [1.807, 2.05) is 30.3 Å². The van der Waals surface area contributed by atoms with Gasteiger partial charge in [-0.15, -0.1) is 6.42 Å². The molecule has 2 nitrogen and oxygen atoms in total. The summed E-state index contributed by atoms with van der Waals surface area (Å²) in [6.45, 7) is 0. The van der Waals surface area contributed by atoms with Crippen LogP contribution in [0.25, 0.3) is 32.7 Å². The van der Waals surface area contributed by atoms with Crippen molar-refractivity contribution >= 4 is 27.5 Å². The maximum Gasteiger partial charge on any atom is 0.336 e. The number of rotatable bonds is 2. The Labute approximate surface area is 145 Å². The summed E-state index contributed by atoms with van der Waals surface area (Å²) in [4.78, 5) is 11.7. The van der Waals surface area contributed by atoms with Crippen molar-refractivity contribution in [3.8, 4) is 23.5 Å². The Balaban J connectivity index is 2.09. The van der Waals surface area contributed by atoms with Crippen molar-refractivity contribution in [3.05, 3.63) is 83.9 Å². The van der Waals surface area contributed by atoms with Gasteiger partial charge in [0.05, 0.1) is 5.56 Å². The van der Waals surface area contributed by atoms with E-state index in [4.69, 9.17) is 6.42 Å². The third kappa shape index (κ3) is 2.52. The zero-order chi connectivity index (χ0) is 17.4. The Bertz CT molecular complexity index is 1180. The molecule has 0 unspecified atom stereocenters. The highest BCUT2D eigenvalue weighted by Gasteiger charge is 2.14. The lowest BCUT2D eigenvalue weighted by Crippen LogP contribution is -2.00. The second-order valence-corrected chi connectivity index (χ2v) is 5.94. The van der Waals surface area contributed by atoms with Crippen LogP contribution in [0.5, 0.6) is 0 Å². The lowest BCUT2D eigenvalue weighted by molar-refractivity contribution is 0.0698. The molecule has 0 saturated carbocycles. The first kappa shape index (κ1) is 15.0. The molecule has 4 rings (SSSR count). The highest BCUT2D eigenvalue weighted by molar-refractivity contribution is 6.08. The fourth-order valence-corrected chi connectivity index (χ4v) is 3.25. The molecular formula is C23H14O2. The van der Waals surface area contributed by atoms with Crippen LogP contribution in [-0.4, -0.2) is 11.1 Å². The van der Waals surface area contributed by atoms with E-state index < -0.39 is 5.97 Å². The molecule has 4 aromatic carbocycles. The van der Waals surface area contributed by atoms with Crippen LogP contribution in [0.15, 0.2) is 72.8 Å². The number of terminal acetylenes is 1. The second kappa shape index (κ2) is 5.81. The van der Waals surface area contributed by atoms with Gasteiger partial charge in [-0.05, 0) is 63.0 Å². The second-order valence-electron chi connectivity index (χ2n) is 5.94. The maximum atomic E-state index is 11.7. The van der Waals surface area contributed by atoms with Crippen molar-refractivity contribution in [2.75, 3.05) is 0 Å². The topological polar surface area (TPSA) is 37.3 Å². The molecule has 0 fully saturated rings. The predicted octanol–water partition coefficient (Wildman–Crippen LogP) is 5.34. The summed E-state index contributed by atoms with van der Waals surface area (Å²) in [5.74, 6) is 1.63. The van der Waals surface area contributed by atoms with E-state index in [0.717, 1.165) is 27.1 Å². The lowest BCUT2D eigenvalue weighted by atomic mass is 9.92. The van der Waals surface area contributed by atoms with Crippen molar-refractivity contribution in [1.82, 2.24) is 0 Å². The molecule has 0 amide bonds. The molecular weight excluding hydrogens is 308 g/mol. The Hall–Kier alpha value is -3.57. The van der Waals surface area contributed by atoms with Crippen LogP contribution in [0.3, 0.4) is 0 Å². The third-order valence-corrected chi connectivity index (χ3v) is 4.45. The Morgan fingerprint density at radius 2 is 1.52 bits per heavy atom. The zero-order valence-electron chi connectivity index (χ0n) is 13.4. The SMILES string of the molecule is C#Cc1ccc(C(=O)O)c(-c2cccc3cc4ccccc4cc23)c1. The van der Waals surface area contributed by atoms with Gasteiger partial charge in [0.25, 0.3) is 0 Å². The molecule has 1 N–H and O–H groups in total. The van der Waals surface area contributed by atoms with Gasteiger partial charge >= 0.3 is 5.97 Å². The van der Waals surface area contributed by atoms with Crippen LogP contribution in [0.2, 0.25) is 0 Å². The summed E-state index contributed by atoms with van der Waals surface area (Å²) in [7, 11) is 0. The molecule has 0 saturated heterocycles. The maximum absolute atomic E-state index is 11.7. The van der Waals surface area contributed by atoms with Gasteiger partial charge in [-0.1, -0.05) is 48.4 Å². The van der Waals surface area contributed by atoms with Crippen LogP contribution < -0.4 is 0 Å². The minimum atomic E-state index is -0.962. The highest BCUT2D eigenvalue weighted by atomic mass is 16.4. The van der Waals surface area contributed by atoms with E-state index in [1.165, 1.54) is 0 Å². The largest absolute Gasteiger partial charge is 0.478 e. The van der Waals surface area contributed by atoms with E-state index in [0.29, 0.717) is 11.1 Å². The molecule has 0 heterocycles. The molecule has 0 radical (unpaired) electrons. The van der Waals surface area contributed by atoms with E-state index in [-0.39, 0.29) is 5.56 Å². The summed E-state index contributed by atoms with van der Waals surface area (Å²) < 4.78 is 0. The fraction of sp³-hybridized carbons (Fsp3) is 0. The van der Waals surface area contributed by atoms with Crippen molar-refractivity contribution < 1.29 is 9.90 Å². The molecule has 0 aliphatic rings. The van der Waals surface area contributed by atoms with Crippen molar-refractivity contribution in [2.45, 2.75) is 0 Å². The monoisotopic (exact) mass is 322 g/mol.